The normalized spacial score (nSPS) is 12.4. The molecule has 1 aromatic rings. The van der Waals surface area contributed by atoms with Crippen LogP contribution < -0.4 is 10.6 Å². The lowest BCUT2D eigenvalue weighted by Crippen LogP contribution is -2.18. The Hall–Kier alpha value is -1.05. The highest BCUT2D eigenvalue weighted by Gasteiger charge is 1.77. The first-order valence-corrected chi connectivity index (χ1v) is 2.27. The van der Waals surface area contributed by atoms with Crippen molar-refractivity contribution in [2.24, 2.45) is 0 Å². The molecule has 0 aliphatic heterocycles. The van der Waals surface area contributed by atoms with Gasteiger partial charge in [-0.1, -0.05) is 6.58 Å². The van der Waals surface area contributed by atoms with Crippen LogP contribution in [0.15, 0.2) is 12.3 Å². The maximum absolute atomic E-state index is 11.6. The SMILES string of the molecule is C=c1[nH]cc/c1=C\F. The summed E-state index contributed by atoms with van der Waals surface area (Å²) in [5.41, 5.74) is 0. The zero-order valence-electron chi connectivity index (χ0n) is 4.32. The maximum Gasteiger partial charge on any atom is 0.0960 e. The molecule has 0 saturated heterocycles. The lowest BCUT2D eigenvalue weighted by molar-refractivity contribution is 0.797. The molecule has 1 heterocycles. The van der Waals surface area contributed by atoms with Gasteiger partial charge in [0.15, 0.2) is 0 Å². The Kier molecular flexibility index (Phi) is 1.16. The second-order valence-corrected chi connectivity index (χ2v) is 1.52. The fourth-order valence-corrected chi connectivity index (χ4v) is 0.518. The predicted molar refractivity (Wildman–Crippen MR) is 31.1 cm³/mol. The van der Waals surface area contributed by atoms with Crippen molar-refractivity contribution in [3.8, 4) is 0 Å². The minimum atomic E-state index is 0.519. The number of aromatic nitrogens is 1. The number of H-pyrrole nitrogens is 1. The molecule has 0 atom stereocenters. The van der Waals surface area contributed by atoms with E-state index >= 15 is 0 Å². The summed E-state index contributed by atoms with van der Waals surface area (Å²) < 4.78 is 11.6. The van der Waals surface area contributed by atoms with Crippen LogP contribution in [0.4, 0.5) is 4.39 Å². The van der Waals surface area contributed by atoms with Crippen molar-refractivity contribution in [2.45, 2.75) is 0 Å². The molecule has 2 heteroatoms. The molecule has 1 N–H and O–H groups in total. The van der Waals surface area contributed by atoms with E-state index in [1.807, 2.05) is 0 Å². The summed E-state index contributed by atoms with van der Waals surface area (Å²) in [5, 5.41) is 1.14. The first-order valence-electron chi connectivity index (χ1n) is 2.27. The van der Waals surface area contributed by atoms with Gasteiger partial charge in [0, 0.05) is 16.8 Å². The van der Waals surface area contributed by atoms with Crippen LogP contribution in [0.3, 0.4) is 0 Å². The topological polar surface area (TPSA) is 15.8 Å². The van der Waals surface area contributed by atoms with Gasteiger partial charge in [0.05, 0.1) is 6.33 Å². The Morgan fingerprint density at radius 1 is 1.75 bits per heavy atom. The minimum Gasteiger partial charge on any atom is -0.362 e. The number of halogens is 1. The van der Waals surface area contributed by atoms with E-state index in [1.165, 1.54) is 0 Å². The first-order chi connectivity index (χ1) is 3.84. The van der Waals surface area contributed by atoms with Gasteiger partial charge >= 0.3 is 0 Å². The van der Waals surface area contributed by atoms with E-state index in [9.17, 15) is 4.39 Å². The van der Waals surface area contributed by atoms with Crippen LogP contribution in [0.2, 0.25) is 0 Å². The van der Waals surface area contributed by atoms with Crippen molar-refractivity contribution in [1.29, 1.82) is 0 Å². The van der Waals surface area contributed by atoms with Crippen LogP contribution in [-0.2, 0) is 0 Å². The molecule has 0 radical (unpaired) electrons. The molecule has 0 aromatic carbocycles. The Bertz CT molecular complexity index is 260. The highest BCUT2D eigenvalue weighted by molar-refractivity contribution is 5.15. The third-order valence-corrected chi connectivity index (χ3v) is 0.986. The summed E-state index contributed by atoms with van der Waals surface area (Å²) in [6.45, 7) is 3.52. The molecular weight excluding hydrogens is 105 g/mol. The van der Waals surface area contributed by atoms with Crippen LogP contribution in [0, 0.1) is 0 Å². The van der Waals surface area contributed by atoms with Crippen LogP contribution in [0.25, 0.3) is 12.9 Å². The molecule has 1 nitrogen and oxygen atoms in total. The number of nitrogens with one attached hydrogen (secondary N) is 1. The molecular formula is C6H6FN. The van der Waals surface area contributed by atoms with Crippen molar-refractivity contribution >= 4 is 12.9 Å². The van der Waals surface area contributed by atoms with Gasteiger partial charge in [0.2, 0.25) is 0 Å². The zero-order valence-corrected chi connectivity index (χ0v) is 4.32. The fraction of sp³-hybridized carbons (Fsp3) is 0. The first kappa shape index (κ1) is 5.09. The van der Waals surface area contributed by atoms with Crippen molar-refractivity contribution in [3.05, 3.63) is 22.8 Å². The number of hydrogen-bond donors (Lipinski definition) is 1. The summed E-state index contributed by atoms with van der Waals surface area (Å²) >= 11 is 0. The van der Waals surface area contributed by atoms with E-state index in [0.29, 0.717) is 16.9 Å². The highest BCUT2D eigenvalue weighted by atomic mass is 19.1. The minimum absolute atomic E-state index is 0.519. The largest absolute Gasteiger partial charge is 0.362 e. The molecule has 0 saturated carbocycles. The standard InChI is InChI=1S/C6H6FN/c1-5-6(4-7)2-3-8-5/h2-4,8H,1H2/b6-4+. The second-order valence-electron chi connectivity index (χ2n) is 1.52. The number of hydrogen-bond acceptors (Lipinski definition) is 0. The monoisotopic (exact) mass is 111 g/mol. The van der Waals surface area contributed by atoms with E-state index in [0.717, 1.165) is 0 Å². The van der Waals surface area contributed by atoms with Gasteiger partial charge in [-0.3, -0.25) is 0 Å². The molecule has 42 valence electrons. The quantitative estimate of drug-likeness (QED) is 0.490. The molecule has 1 rings (SSSR count). The smallest absolute Gasteiger partial charge is 0.0960 e. The van der Waals surface area contributed by atoms with Crippen LogP contribution in [0.5, 0.6) is 0 Å². The van der Waals surface area contributed by atoms with Gasteiger partial charge in [-0.25, -0.2) is 4.39 Å². The third-order valence-electron chi connectivity index (χ3n) is 0.986. The van der Waals surface area contributed by atoms with Gasteiger partial charge in [0.25, 0.3) is 0 Å². The van der Waals surface area contributed by atoms with Crippen LogP contribution >= 0.6 is 0 Å². The third kappa shape index (κ3) is 0.644. The number of rotatable bonds is 0. The van der Waals surface area contributed by atoms with Crippen LogP contribution in [0.1, 0.15) is 0 Å². The average Bonchev–Trinajstić information content (AvgIpc) is 2.14. The summed E-state index contributed by atoms with van der Waals surface area (Å²) in [7, 11) is 0. The maximum atomic E-state index is 11.6. The summed E-state index contributed by atoms with van der Waals surface area (Å²) in [4.78, 5) is 2.74. The van der Waals surface area contributed by atoms with Gasteiger partial charge < -0.3 is 4.98 Å². The zero-order chi connectivity index (χ0) is 5.98. The van der Waals surface area contributed by atoms with Gasteiger partial charge in [-0.15, -0.1) is 0 Å². The Labute approximate surface area is 46.2 Å². The molecule has 8 heavy (non-hydrogen) atoms. The summed E-state index contributed by atoms with van der Waals surface area (Å²) in [6, 6.07) is 1.63. The Balaban J connectivity index is 3.55. The average molecular weight is 111 g/mol. The van der Waals surface area contributed by atoms with Crippen molar-refractivity contribution < 1.29 is 4.39 Å². The summed E-state index contributed by atoms with van der Waals surface area (Å²) in [6.07, 6.45) is 2.17. The van der Waals surface area contributed by atoms with E-state index in [4.69, 9.17) is 0 Å². The molecule has 0 amide bonds. The van der Waals surface area contributed by atoms with E-state index in [-0.39, 0.29) is 0 Å². The molecule has 0 aliphatic carbocycles. The second kappa shape index (κ2) is 1.82. The molecule has 1 aromatic heterocycles. The lowest BCUT2D eigenvalue weighted by Gasteiger charge is -1.65. The predicted octanol–water partition coefficient (Wildman–Crippen LogP) is 0.133. The van der Waals surface area contributed by atoms with E-state index in [2.05, 4.69) is 11.6 Å². The van der Waals surface area contributed by atoms with Gasteiger partial charge in [0.1, 0.15) is 0 Å². The molecule has 0 unspecified atom stereocenters. The molecule has 0 fully saturated rings. The van der Waals surface area contributed by atoms with Crippen molar-refractivity contribution in [2.75, 3.05) is 0 Å². The fourth-order valence-electron chi connectivity index (χ4n) is 0.518. The van der Waals surface area contributed by atoms with Crippen molar-refractivity contribution in [1.82, 2.24) is 4.98 Å². The van der Waals surface area contributed by atoms with E-state index < -0.39 is 0 Å². The van der Waals surface area contributed by atoms with E-state index in [1.54, 1.807) is 12.3 Å². The summed E-state index contributed by atoms with van der Waals surface area (Å²) in [5.74, 6) is 0. The van der Waals surface area contributed by atoms with Gasteiger partial charge in [-0.2, -0.15) is 0 Å². The molecule has 0 bridgehead atoms. The Morgan fingerprint density at radius 2 is 2.50 bits per heavy atom. The molecule has 0 spiro atoms. The number of aromatic amines is 1. The Morgan fingerprint density at radius 3 is 2.75 bits per heavy atom. The van der Waals surface area contributed by atoms with Crippen molar-refractivity contribution in [3.63, 3.8) is 0 Å². The highest BCUT2D eigenvalue weighted by Crippen LogP contribution is 1.62. The van der Waals surface area contributed by atoms with Crippen LogP contribution in [-0.4, -0.2) is 4.98 Å². The lowest BCUT2D eigenvalue weighted by atomic mass is 10.5. The molecule has 0 aliphatic rings. The van der Waals surface area contributed by atoms with Gasteiger partial charge in [-0.05, 0) is 6.07 Å².